The summed E-state index contributed by atoms with van der Waals surface area (Å²) in [6, 6.07) is 5.39. The Hall–Kier alpha value is -0.330. The van der Waals surface area contributed by atoms with Crippen LogP contribution in [0.3, 0.4) is 0 Å². The van der Waals surface area contributed by atoms with Gasteiger partial charge in [0.05, 0.1) is 21.9 Å². The normalized spacial score (nSPS) is 23.2. The maximum absolute atomic E-state index is 12.3. The molecular formula is C14H19Cl2NO3S. The monoisotopic (exact) mass is 351 g/mol. The first-order valence-corrected chi connectivity index (χ1v) is 9.24. The molecule has 1 saturated heterocycles. The molecule has 118 valence electrons. The van der Waals surface area contributed by atoms with Gasteiger partial charge in [0.15, 0.2) is 0 Å². The van der Waals surface area contributed by atoms with E-state index in [1.807, 2.05) is 6.07 Å². The Bertz CT molecular complexity index is 592. The summed E-state index contributed by atoms with van der Waals surface area (Å²) in [5, 5.41) is 0.551. The van der Waals surface area contributed by atoms with Crippen molar-refractivity contribution in [2.24, 2.45) is 5.92 Å². The molecule has 1 aromatic carbocycles. The minimum Gasteiger partial charge on any atom is -0.381 e. The van der Waals surface area contributed by atoms with E-state index < -0.39 is 15.3 Å². The number of sulfonamides is 1. The van der Waals surface area contributed by atoms with E-state index in [4.69, 9.17) is 27.9 Å². The van der Waals surface area contributed by atoms with E-state index in [1.54, 1.807) is 19.1 Å². The zero-order valence-corrected chi connectivity index (χ0v) is 14.1. The van der Waals surface area contributed by atoms with Crippen LogP contribution in [-0.4, -0.2) is 33.4 Å². The highest BCUT2D eigenvalue weighted by Gasteiger charge is 2.35. The van der Waals surface area contributed by atoms with Gasteiger partial charge in [-0.3, -0.25) is 0 Å². The highest BCUT2D eigenvalue weighted by atomic mass is 35.5. The Labute approximate surface area is 135 Å². The summed E-state index contributed by atoms with van der Waals surface area (Å²) >= 11 is 11.9. The molecule has 1 N–H and O–H groups in total. The lowest BCUT2D eigenvalue weighted by Crippen LogP contribution is -2.44. The molecule has 0 saturated carbocycles. The van der Waals surface area contributed by atoms with Crippen LogP contribution in [0.25, 0.3) is 0 Å². The van der Waals surface area contributed by atoms with Gasteiger partial charge in [0.1, 0.15) is 0 Å². The molecule has 0 amide bonds. The summed E-state index contributed by atoms with van der Waals surface area (Å²) in [6.07, 6.45) is 1.12. The molecule has 1 heterocycles. The van der Waals surface area contributed by atoms with Crippen LogP contribution in [0.5, 0.6) is 0 Å². The van der Waals surface area contributed by atoms with Gasteiger partial charge in [0.2, 0.25) is 10.0 Å². The second kappa shape index (κ2) is 7.29. The SMILES string of the molecule is CCNS(=O)(=O)[C@@H]1CCOC[C@@H]1Cc1ccc(Cl)c(Cl)c1. The van der Waals surface area contributed by atoms with Gasteiger partial charge >= 0.3 is 0 Å². The quantitative estimate of drug-likeness (QED) is 0.887. The zero-order valence-electron chi connectivity index (χ0n) is 11.8. The largest absolute Gasteiger partial charge is 0.381 e. The molecule has 7 heteroatoms. The summed E-state index contributed by atoms with van der Waals surface area (Å²) < 4.78 is 32.6. The molecule has 1 aliphatic rings. The molecule has 21 heavy (non-hydrogen) atoms. The Morgan fingerprint density at radius 1 is 1.33 bits per heavy atom. The van der Waals surface area contributed by atoms with E-state index in [-0.39, 0.29) is 5.92 Å². The number of hydrogen-bond donors (Lipinski definition) is 1. The van der Waals surface area contributed by atoms with Crippen molar-refractivity contribution in [3.05, 3.63) is 33.8 Å². The fourth-order valence-corrected chi connectivity index (χ4v) is 4.68. The van der Waals surface area contributed by atoms with Crippen LogP contribution in [0.4, 0.5) is 0 Å². The van der Waals surface area contributed by atoms with Crippen molar-refractivity contribution in [3.63, 3.8) is 0 Å². The predicted molar refractivity (Wildman–Crippen MR) is 85.5 cm³/mol. The molecule has 0 spiro atoms. The second-order valence-corrected chi connectivity index (χ2v) is 7.96. The third kappa shape index (κ3) is 4.33. The van der Waals surface area contributed by atoms with Gasteiger partial charge in [-0.15, -0.1) is 0 Å². The molecular weight excluding hydrogens is 333 g/mol. The maximum atomic E-state index is 12.3. The maximum Gasteiger partial charge on any atom is 0.214 e. The van der Waals surface area contributed by atoms with Gasteiger partial charge in [0.25, 0.3) is 0 Å². The first-order chi connectivity index (χ1) is 9.94. The molecule has 1 fully saturated rings. The van der Waals surface area contributed by atoms with Crippen LogP contribution in [0.2, 0.25) is 10.0 Å². The van der Waals surface area contributed by atoms with Gasteiger partial charge in [-0.1, -0.05) is 36.2 Å². The lowest BCUT2D eigenvalue weighted by molar-refractivity contribution is 0.0570. The average molecular weight is 352 g/mol. The lowest BCUT2D eigenvalue weighted by Gasteiger charge is -2.31. The van der Waals surface area contributed by atoms with Crippen LogP contribution in [-0.2, 0) is 21.2 Å². The van der Waals surface area contributed by atoms with Crippen LogP contribution in [0.1, 0.15) is 18.9 Å². The minimum absolute atomic E-state index is 0.0833. The van der Waals surface area contributed by atoms with E-state index in [2.05, 4.69) is 4.72 Å². The van der Waals surface area contributed by atoms with Crippen molar-refractivity contribution >= 4 is 33.2 Å². The number of nitrogens with one attached hydrogen (secondary N) is 1. The lowest BCUT2D eigenvalue weighted by atomic mass is 9.93. The Morgan fingerprint density at radius 2 is 2.10 bits per heavy atom. The standard InChI is InChI=1S/C14H19Cl2NO3S/c1-2-17-21(18,19)14-5-6-20-9-11(14)7-10-3-4-12(15)13(16)8-10/h3-4,8,11,14,17H,2,5-7,9H2,1H3/t11-,14+/m0/s1. The molecule has 0 aromatic heterocycles. The molecule has 0 aliphatic carbocycles. The summed E-state index contributed by atoms with van der Waals surface area (Å²) in [7, 11) is -3.31. The van der Waals surface area contributed by atoms with Crippen molar-refractivity contribution < 1.29 is 13.2 Å². The highest BCUT2D eigenvalue weighted by Crippen LogP contribution is 2.28. The van der Waals surface area contributed by atoms with Crippen molar-refractivity contribution in [2.45, 2.75) is 25.0 Å². The summed E-state index contributed by atoms with van der Waals surface area (Å²) in [5.74, 6) is -0.0833. The predicted octanol–water partition coefficient (Wildman–Crippen LogP) is 2.88. The van der Waals surface area contributed by atoms with Crippen molar-refractivity contribution in [1.29, 1.82) is 0 Å². The number of rotatable bonds is 5. The van der Waals surface area contributed by atoms with E-state index in [9.17, 15) is 8.42 Å². The van der Waals surface area contributed by atoms with Crippen LogP contribution < -0.4 is 4.72 Å². The first-order valence-electron chi connectivity index (χ1n) is 6.94. The number of benzene rings is 1. The number of ether oxygens (including phenoxy) is 1. The van der Waals surface area contributed by atoms with E-state index >= 15 is 0 Å². The van der Waals surface area contributed by atoms with E-state index in [1.165, 1.54) is 0 Å². The van der Waals surface area contributed by atoms with Gasteiger partial charge in [-0.25, -0.2) is 13.1 Å². The molecule has 1 aromatic rings. The Morgan fingerprint density at radius 3 is 2.76 bits per heavy atom. The smallest absolute Gasteiger partial charge is 0.214 e. The van der Waals surface area contributed by atoms with Gasteiger partial charge in [-0.05, 0) is 30.5 Å². The number of halogens is 2. The van der Waals surface area contributed by atoms with Crippen molar-refractivity contribution in [1.82, 2.24) is 4.72 Å². The third-order valence-electron chi connectivity index (χ3n) is 3.63. The van der Waals surface area contributed by atoms with Crippen molar-refractivity contribution in [2.75, 3.05) is 19.8 Å². The summed E-state index contributed by atoms with van der Waals surface area (Å²) in [4.78, 5) is 0. The topological polar surface area (TPSA) is 55.4 Å². The zero-order chi connectivity index (χ0) is 15.5. The Kier molecular flexibility index (Phi) is 5.91. The molecule has 2 atom stereocenters. The van der Waals surface area contributed by atoms with Crippen LogP contribution >= 0.6 is 23.2 Å². The molecule has 0 unspecified atom stereocenters. The molecule has 1 aliphatic heterocycles. The average Bonchev–Trinajstić information content (AvgIpc) is 2.43. The van der Waals surface area contributed by atoms with E-state index in [0.717, 1.165) is 5.56 Å². The second-order valence-electron chi connectivity index (χ2n) is 5.16. The fourth-order valence-electron chi connectivity index (χ4n) is 2.65. The molecule has 0 bridgehead atoms. The summed E-state index contributed by atoms with van der Waals surface area (Å²) in [5.41, 5.74) is 0.969. The van der Waals surface area contributed by atoms with Gasteiger partial charge in [0, 0.05) is 19.1 Å². The fraction of sp³-hybridized carbons (Fsp3) is 0.571. The molecule has 4 nitrogen and oxygen atoms in total. The molecule has 0 radical (unpaired) electrons. The number of hydrogen-bond acceptors (Lipinski definition) is 3. The molecule has 2 rings (SSSR count). The van der Waals surface area contributed by atoms with Crippen LogP contribution in [0, 0.1) is 5.92 Å². The van der Waals surface area contributed by atoms with E-state index in [0.29, 0.717) is 42.6 Å². The third-order valence-corrected chi connectivity index (χ3v) is 6.48. The summed E-state index contributed by atoms with van der Waals surface area (Å²) in [6.45, 7) is 3.10. The van der Waals surface area contributed by atoms with Crippen molar-refractivity contribution in [3.8, 4) is 0 Å². The first kappa shape index (κ1) is 17.0. The Balaban J connectivity index is 2.17. The van der Waals surface area contributed by atoms with Crippen LogP contribution in [0.15, 0.2) is 18.2 Å². The highest BCUT2D eigenvalue weighted by molar-refractivity contribution is 7.90. The van der Waals surface area contributed by atoms with Gasteiger partial charge < -0.3 is 4.74 Å². The van der Waals surface area contributed by atoms with Gasteiger partial charge in [-0.2, -0.15) is 0 Å². The minimum atomic E-state index is -3.31.